The first kappa shape index (κ1) is 19.6. The van der Waals surface area contributed by atoms with E-state index in [9.17, 15) is 4.79 Å². The minimum Gasteiger partial charge on any atom is -0.453 e. The van der Waals surface area contributed by atoms with Gasteiger partial charge >= 0.3 is 5.97 Å². The van der Waals surface area contributed by atoms with E-state index in [4.69, 9.17) is 14.5 Å². The molecule has 0 unspecified atom stereocenters. The van der Waals surface area contributed by atoms with Crippen LogP contribution in [0, 0.1) is 0 Å². The molecule has 29 heavy (non-hydrogen) atoms. The third-order valence-electron chi connectivity index (χ3n) is 4.73. The Bertz CT molecular complexity index is 1010. The number of carbonyl (C=O) groups excluding carboxylic acids is 1. The van der Waals surface area contributed by atoms with Crippen molar-refractivity contribution in [3.8, 4) is 0 Å². The van der Waals surface area contributed by atoms with E-state index < -0.39 is 6.10 Å². The number of thioether (sulfide) groups is 1. The van der Waals surface area contributed by atoms with Crippen LogP contribution in [0.15, 0.2) is 47.8 Å². The largest absolute Gasteiger partial charge is 0.453 e. The first-order chi connectivity index (χ1) is 14.1. The van der Waals surface area contributed by atoms with Crippen LogP contribution in [0.1, 0.15) is 35.5 Å². The van der Waals surface area contributed by atoms with Gasteiger partial charge in [0, 0.05) is 18.2 Å². The molecule has 3 heterocycles. The predicted octanol–water partition coefficient (Wildman–Crippen LogP) is 3.87. The maximum absolute atomic E-state index is 12.4. The van der Waals surface area contributed by atoms with Gasteiger partial charge in [0.15, 0.2) is 11.0 Å². The summed E-state index contributed by atoms with van der Waals surface area (Å²) in [4.78, 5) is 26.2. The van der Waals surface area contributed by atoms with E-state index >= 15 is 0 Å². The molecule has 0 radical (unpaired) electrons. The summed E-state index contributed by atoms with van der Waals surface area (Å²) in [7, 11) is 0. The lowest BCUT2D eigenvalue weighted by molar-refractivity contribution is 0.0330. The number of carbonyl (C=O) groups is 1. The van der Waals surface area contributed by atoms with Gasteiger partial charge in [0.05, 0.1) is 23.9 Å². The number of fused-ring (bicyclic) bond motifs is 1. The summed E-state index contributed by atoms with van der Waals surface area (Å²) in [5.41, 5.74) is 1.90. The van der Waals surface area contributed by atoms with E-state index in [-0.39, 0.29) is 12.0 Å². The molecule has 1 fully saturated rings. The van der Waals surface area contributed by atoms with Crippen molar-refractivity contribution in [2.24, 2.45) is 0 Å². The number of benzene rings is 1. The molecule has 0 amide bonds. The zero-order chi connectivity index (χ0) is 20.2. The molecule has 1 N–H and O–H groups in total. The summed E-state index contributed by atoms with van der Waals surface area (Å²) in [5, 5.41) is 4.97. The standard InChI is InChI=1S/C21H22N4O3S/c1-13(28-20(26)14-6-4-3-5-7-14)17-10-15-11-22-21(29-2)25-18(15)19(24-17)23-16-8-9-27-12-16/h3-7,10-11,13,16H,8-9,12H2,1-2H3,(H,23,24)/t13-,16+/m1/s1. The summed E-state index contributed by atoms with van der Waals surface area (Å²) >= 11 is 1.48. The van der Waals surface area contributed by atoms with Crippen LogP contribution in [-0.2, 0) is 9.47 Å². The van der Waals surface area contributed by atoms with Crippen molar-refractivity contribution < 1.29 is 14.3 Å². The number of aromatic nitrogens is 3. The maximum Gasteiger partial charge on any atom is 0.338 e. The first-order valence-electron chi connectivity index (χ1n) is 9.46. The van der Waals surface area contributed by atoms with Gasteiger partial charge in [-0.2, -0.15) is 0 Å². The van der Waals surface area contributed by atoms with E-state index in [0.29, 0.717) is 28.8 Å². The number of nitrogens with one attached hydrogen (secondary N) is 1. The summed E-state index contributed by atoms with van der Waals surface area (Å²) in [6.07, 6.45) is 4.10. The van der Waals surface area contributed by atoms with Gasteiger partial charge in [0.25, 0.3) is 0 Å². The predicted molar refractivity (Wildman–Crippen MR) is 112 cm³/mol. The molecule has 2 aromatic heterocycles. The van der Waals surface area contributed by atoms with Crippen molar-refractivity contribution in [1.29, 1.82) is 0 Å². The van der Waals surface area contributed by atoms with E-state index in [1.54, 1.807) is 18.3 Å². The lowest BCUT2D eigenvalue weighted by Gasteiger charge is -2.18. The average molecular weight is 410 g/mol. The number of pyridine rings is 1. The Labute approximate surface area is 173 Å². The molecule has 1 aliphatic rings. The quantitative estimate of drug-likeness (QED) is 0.372. The van der Waals surface area contributed by atoms with Crippen LogP contribution in [0.3, 0.4) is 0 Å². The monoisotopic (exact) mass is 410 g/mol. The Morgan fingerprint density at radius 2 is 2.14 bits per heavy atom. The normalized spacial score (nSPS) is 17.2. The minimum atomic E-state index is -0.521. The molecule has 7 nitrogen and oxygen atoms in total. The fourth-order valence-corrected chi connectivity index (χ4v) is 3.50. The molecule has 1 aromatic carbocycles. The van der Waals surface area contributed by atoms with Gasteiger partial charge in [-0.3, -0.25) is 0 Å². The number of nitrogens with zero attached hydrogens (tertiary/aromatic N) is 3. The summed E-state index contributed by atoms with van der Waals surface area (Å²) in [6.45, 7) is 3.17. The molecule has 0 aliphatic carbocycles. The third kappa shape index (κ3) is 4.49. The van der Waals surface area contributed by atoms with E-state index in [0.717, 1.165) is 23.9 Å². The lowest BCUT2D eigenvalue weighted by atomic mass is 10.1. The number of hydrogen-bond donors (Lipinski definition) is 1. The molecule has 0 spiro atoms. The Hall–Kier alpha value is -2.71. The highest BCUT2D eigenvalue weighted by molar-refractivity contribution is 7.98. The SMILES string of the molecule is CSc1ncc2cc([C@@H](C)OC(=O)c3ccccc3)nc(N[C@H]3CCOC3)c2n1. The van der Waals surface area contributed by atoms with Crippen molar-refractivity contribution in [3.63, 3.8) is 0 Å². The van der Waals surface area contributed by atoms with Gasteiger partial charge in [0.1, 0.15) is 11.6 Å². The highest BCUT2D eigenvalue weighted by Crippen LogP contribution is 2.28. The molecule has 0 bridgehead atoms. The maximum atomic E-state index is 12.4. The van der Waals surface area contributed by atoms with Crippen LogP contribution in [0.4, 0.5) is 5.82 Å². The van der Waals surface area contributed by atoms with Crippen molar-refractivity contribution in [2.45, 2.75) is 30.6 Å². The van der Waals surface area contributed by atoms with Crippen molar-refractivity contribution in [1.82, 2.24) is 15.0 Å². The van der Waals surface area contributed by atoms with Crippen LogP contribution in [0.2, 0.25) is 0 Å². The van der Waals surface area contributed by atoms with Gasteiger partial charge in [-0.1, -0.05) is 30.0 Å². The number of rotatable bonds is 6. The molecule has 1 saturated heterocycles. The summed E-state index contributed by atoms with van der Waals surface area (Å²) in [6, 6.07) is 11.0. The van der Waals surface area contributed by atoms with Gasteiger partial charge in [-0.05, 0) is 37.8 Å². The second kappa shape index (κ2) is 8.75. The summed E-state index contributed by atoms with van der Waals surface area (Å²) in [5.74, 6) is 0.279. The number of anilines is 1. The van der Waals surface area contributed by atoms with E-state index in [2.05, 4.69) is 15.3 Å². The molecule has 1 aliphatic heterocycles. The molecule has 4 rings (SSSR count). The van der Waals surface area contributed by atoms with E-state index in [1.807, 2.05) is 37.4 Å². The molecule has 8 heteroatoms. The lowest BCUT2D eigenvalue weighted by Crippen LogP contribution is -2.21. The van der Waals surface area contributed by atoms with Gasteiger partial charge in [0.2, 0.25) is 0 Å². The second-order valence-electron chi connectivity index (χ2n) is 6.81. The van der Waals surface area contributed by atoms with Gasteiger partial charge in [-0.15, -0.1) is 0 Å². The molecule has 150 valence electrons. The van der Waals surface area contributed by atoms with Crippen LogP contribution in [0.25, 0.3) is 10.9 Å². The Kier molecular flexibility index (Phi) is 5.92. The average Bonchev–Trinajstić information content (AvgIpc) is 3.27. The number of ether oxygens (including phenoxy) is 2. The van der Waals surface area contributed by atoms with Gasteiger partial charge in [-0.25, -0.2) is 19.7 Å². The van der Waals surface area contributed by atoms with Crippen LogP contribution in [-0.4, -0.2) is 46.4 Å². The fourth-order valence-electron chi connectivity index (χ4n) is 3.16. The van der Waals surface area contributed by atoms with Crippen molar-refractivity contribution in [2.75, 3.05) is 24.8 Å². The second-order valence-corrected chi connectivity index (χ2v) is 7.58. The molecular formula is C21H22N4O3S. The Morgan fingerprint density at radius 3 is 2.86 bits per heavy atom. The van der Waals surface area contributed by atoms with Crippen LogP contribution in [0.5, 0.6) is 0 Å². The highest BCUT2D eigenvalue weighted by Gasteiger charge is 2.21. The van der Waals surface area contributed by atoms with Crippen molar-refractivity contribution in [3.05, 3.63) is 53.9 Å². The topological polar surface area (TPSA) is 86.2 Å². The van der Waals surface area contributed by atoms with Crippen LogP contribution >= 0.6 is 11.8 Å². The Morgan fingerprint density at radius 1 is 1.31 bits per heavy atom. The zero-order valence-corrected chi connectivity index (χ0v) is 17.1. The fraction of sp³-hybridized carbons (Fsp3) is 0.333. The molecule has 3 aromatic rings. The Balaban J connectivity index is 1.65. The van der Waals surface area contributed by atoms with Gasteiger partial charge < -0.3 is 14.8 Å². The van der Waals surface area contributed by atoms with Crippen molar-refractivity contribution >= 4 is 34.5 Å². The molecule has 2 atom stereocenters. The summed E-state index contributed by atoms with van der Waals surface area (Å²) < 4.78 is 11.1. The third-order valence-corrected chi connectivity index (χ3v) is 5.29. The highest BCUT2D eigenvalue weighted by atomic mass is 32.2. The van der Waals surface area contributed by atoms with E-state index in [1.165, 1.54) is 11.8 Å². The smallest absolute Gasteiger partial charge is 0.338 e. The first-order valence-corrected chi connectivity index (χ1v) is 10.7. The number of esters is 1. The molecule has 0 saturated carbocycles. The molecular weight excluding hydrogens is 388 g/mol. The minimum absolute atomic E-state index is 0.177. The number of hydrogen-bond acceptors (Lipinski definition) is 8. The zero-order valence-electron chi connectivity index (χ0n) is 16.3. The van der Waals surface area contributed by atoms with Crippen LogP contribution < -0.4 is 5.32 Å².